The standard InChI is InChI=1S/C11H17NO2S/c1-4-5-9-11(8(2)13)15-10(12-9)6-7-14-3/h4-7H2,1-3H3. The van der Waals surface area contributed by atoms with Gasteiger partial charge in [-0.2, -0.15) is 0 Å². The van der Waals surface area contributed by atoms with Crippen LogP contribution in [0, 0.1) is 0 Å². The Kier molecular flexibility index (Phi) is 4.91. The number of methoxy groups -OCH3 is 1. The Morgan fingerprint density at radius 1 is 1.47 bits per heavy atom. The lowest BCUT2D eigenvalue weighted by atomic mass is 10.2. The van der Waals surface area contributed by atoms with E-state index in [-0.39, 0.29) is 5.78 Å². The maximum Gasteiger partial charge on any atom is 0.171 e. The fourth-order valence-electron chi connectivity index (χ4n) is 1.38. The number of ether oxygens (including phenoxy) is 1. The highest BCUT2D eigenvalue weighted by Crippen LogP contribution is 2.21. The van der Waals surface area contributed by atoms with Crippen LogP contribution in [0.15, 0.2) is 0 Å². The first-order valence-electron chi connectivity index (χ1n) is 5.17. The molecule has 0 aliphatic heterocycles. The minimum absolute atomic E-state index is 0.125. The summed E-state index contributed by atoms with van der Waals surface area (Å²) >= 11 is 1.51. The van der Waals surface area contributed by atoms with Crippen molar-refractivity contribution in [3.63, 3.8) is 0 Å². The lowest BCUT2D eigenvalue weighted by molar-refractivity contribution is 0.102. The summed E-state index contributed by atoms with van der Waals surface area (Å²) in [5.74, 6) is 0.125. The lowest BCUT2D eigenvalue weighted by Crippen LogP contribution is -1.96. The van der Waals surface area contributed by atoms with Gasteiger partial charge in [-0.1, -0.05) is 13.3 Å². The van der Waals surface area contributed by atoms with Gasteiger partial charge in [-0.05, 0) is 6.42 Å². The monoisotopic (exact) mass is 227 g/mol. The van der Waals surface area contributed by atoms with Crippen LogP contribution in [-0.4, -0.2) is 24.5 Å². The Labute approximate surface area is 94.5 Å². The molecule has 1 rings (SSSR count). The molecule has 0 saturated carbocycles. The van der Waals surface area contributed by atoms with Crippen LogP contribution in [0.25, 0.3) is 0 Å². The summed E-state index contributed by atoms with van der Waals surface area (Å²) in [5.41, 5.74) is 0.959. The van der Waals surface area contributed by atoms with Crippen LogP contribution in [-0.2, 0) is 17.6 Å². The van der Waals surface area contributed by atoms with Gasteiger partial charge < -0.3 is 4.74 Å². The van der Waals surface area contributed by atoms with Gasteiger partial charge in [-0.25, -0.2) is 4.98 Å². The smallest absolute Gasteiger partial charge is 0.171 e. The molecule has 1 aromatic heterocycles. The van der Waals surface area contributed by atoms with Crippen molar-refractivity contribution in [3.8, 4) is 0 Å². The van der Waals surface area contributed by atoms with E-state index in [1.54, 1.807) is 14.0 Å². The maximum absolute atomic E-state index is 11.4. The van der Waals surface area contributed by atoms with Crippen LogP contribution >= 0.6 is 11.3 Å². The van der Waals surface area contributed by atoms with E-state index in [0.29, 0.717) is 6.61 Å². The average molecular weight is 227 g/mol. The molecule has 3 nitrogen and oxygen atoms in total. The van der Waals surface area contributed by atoms with Crippen molar-refractivity contribution in [1.82, 2.24) is 4.98 Å². The Bertz CT molecular complexity index is 333. The van der Waals surface area contributed by atoms with Gasteiger partial charge in [0.1, 0.15) is 0 Å². The Balaban J connectivity index is 2.83. The second-order valence-electron chi connectivity index (χ2n) is 3.43. The molecule has 0 N–H and O–H groups in total. The number of nitrogens with zero attached hydrogens (tertiary/aromatic N) is 1. The summed E-state index contributed by atoms with van der Waals surface area (Å²) < 4.78 is 5.00. The van der Waals surface area contributed by atoms with Crippen LogP contribution in [0.1, 0.15) is 40.6 Å². The van der Waals surface area contributed by atoms with Crippen molar-refractivity contribution >= 4 is 17.1 Å². The molecular formula is C11H17NO2S. The van der Waals surface area contributed by atoms with Gasteiger partial charge in [0.05, 0.1) is 22.2 Å². The van der Waals surface area contributed by atoms with E-state index in [2.05, 4.69) is 11.9 Å². The molecule has 0 fully saturated rings. The van der Waals surface area contributed by atoms with Gasteiger partial charge >= 0.3 is 0 Å². The molecule has 1 heterocycles. The zero-order valence-corrected chi connectivity index (χ0v) is 10.3. The number of aryl methyl sites for hydroxylation is 1. The first-order chi connectivity index (χ1) is 7.19. The molecule has 0 unspecified atom stereocenters. The zero-order valence-electron chi connectivity index (χ0n) is 9.50. The summed E-state index contributed by atoms with van der Waals surface area (Å²) in [6.45, 7) is 4.36. The molecule has 0 aromatic carbocycles. The van der Waals surface area contributed by atoms with E-state index in [1.165, 1.54) is 11.3 Å². The molecule has 0 aliphatic carbocycles. The van der Waals surface area contributed by atoms with Crippen LogP contribution in [0.5, 0.6) is 0 Å². The molecule has 4 heteroatoms. The summed E-state index contributed by atoms with van der Waals surface area (Å²) in [7, 11) is 1.67. The van der Waals surface area contributed by atoms with Gasteiger partial charge in [0.2, 0.25) is 0 Å². The van der Waals surface area contributed by atoms with Gasteiger partial charge in [0.25, 0.3) is 0 Å². The van der Waals surface area contributed by atoms with Crippen molar-refractivity contribution < 1.29 is 9.53 Å². The summed E-state index contributed by atoms with van der Waals surface area (Å²) in [6.07, 6.45) is 2.71. The summed E-state index contributed by atoms with van der Waals surface area (Å²) in [5, 5.41) is 1.01. The molecule has 15 heavy (non-hydrogen) atoms. The highest BCUT2D eigenvalue weighted by atomic mass is 32.1. The Morgan fingerprint density at radius 3 is 2.73 bits per heavy atom. The second kappa shape index (κ2) is 5.98. The fourth-order valence-corrected chi connectivity index (χ4v) is 2.36. The molecule has 0 spiro atoms. The number of thiazole rings is 1. The lowest BCUT2D eigenvalue weighted by Gasteiger charge is -1.94. The minimum atomic E-state index is 0.125. The third-order valence-corrected chi connectivity index (χ3v) is 3.33. The van der Waals surface area contributed by atoms with Crippen molar-refractivity contribution in [3.05, 3.63) is 15.6 Å². The van der Waals surface area contributed by atoms with E-state index >= 15 is 0 Å². The maximum atomic E-state index is 11.4. The second-order valence-corrected chi connectivity index (χ2v) is 4.52. The number of ketones is 1. The van der Waals surface area contributed by atoms with Crippen molar-refractivity contribution in [2.75, 3.05) is 13.7 Å². The molecule has 0 saturated heterocycles. The normalized spacial score (nSPS) is 10.6. The molecular weight excluding hydrogens is 210 g/mol. The van der Waals surface area contributed by atoms with Crippen LogP contribution in [0.3, 0.4) is 0 Å². The predicted octanol–water partition coefficient (Wildman–Crippen LogP) is 2.49. The molecule has 0 aliphatic rings. The van der Waals surface area contributed by atoms with Gasteiger partial charge in [0.15, 0.2) is 5.78 Å². The zero-order chi connectivity index (χ0) is 11.3. The van der Waals surface area contributed by atoms with Crippen LogP contribution in [0.2, 0.25) is 0 Å². The number of hydrogen-bond donors (Lipinski definition) is 0. The number of hydrogen-bond acceptors (Lipinski definition) is 4. The Hall–Kier alpha value is -0.740. The van der Waals surface area contributed by atoms with Gasteiger partial charge in [-0.3, -0.25) is 4.79 Å². The van der Waals surface area contributed by atoms with E-state index in [4.69, 9.17) is 4.74 Å². The largest absolute Gasteiger partial charge is 0.384 e. The summed E-state index contributed by atoms with van der Waals surface area (Å²) in [6, 6.07) is 0. The van der Waals surface area contributed by atoms with Crippen molar-refractivity contribution in [2.45, 2.75) is 33.1 Å². The highest BCUT2D eigenvalue weighted by Gasteiger charge is 2.13. The number of rotatable bonds is 6. The van der Waals surface area contributed by atoms with Crippen LogP contribution in [0.4, 0.5) is 0 Å². The molecule has 1 aromatic rings. The highest BCUT2D eigenvalue weighted by molar-refractivity contribution is 7.13. The van der Waals surface area contributed by atoms with Gasteiger partial charge in [-0.15, -0.1) is 11.3 Å². The first kappa shape index (κ1) is 12.3. The molecule has 0 bridgehead atoms. The molecule has 84 valence electrons. The Morgan fingerprint density at radius 2 is 2.20 bits per heavy atom. The van der Waals surface area contributed by atoms with Crippen molar-refractivity contribution in [2.24, 2.45) is 0 Å². The van der Waals surface area contributed by atoms with E-state index in [9.17, 15) is 4.79 Å². The van der Waals surface area contributed by atoms with E-state index in [1.807, 2.05) is 0 Å². The molecule has 0 amide bonds. The summed E-state index contributed by atoms with van der Waals surface area (Å²) in [4.78, 5) is 16.7. The van der Waals surface area contributed by atoms with Gasteiger partial charge in [0, 0.05) is 20.5 Å². The molecule has 0 atom stereocenters. The topological polar surface area (TPSA) is 39.2 Å². The predicted molar refractivity (Wildman–Crippen MR) is 61.7 cm³/mol. The van der Waals surface area contributed by atoms with Crippen molar-refractivity contribution in [1.29, 1.82) is 0 Å². The van der Waals surface area contributed by atoms with E-state index in [0.717, 1.165) is 34.8 Å². The number of carbonyl (C=O) groups is 1. The number of carbonyl (C=O) groups excluding carboxylic acids is 1. The minimum Gasteiger partial charge on any atom is -0.384 e. The number of Topliss-reactive ketones (excluding diaryl/α,β-unsaturated/α-hetero) is 1. The quantitative estimate of drug-likeness (QED) is 0.701. The first-order valence-corrected chi connectivity index (χ1v) is 5.99. The third kappa shape index (κ3) is 3.39. The average Bonchev–Trinajstić information content (AvgIpc) is 2.59. The van der Waals surface area contributed by atoms with E-state index < -0.39 is 0 Å². The third-order valence-electron chi connectivity index (χ3n) is 2.07. The fraction of sp³-hybridized carbons (Fsp3) is 0.636. The number of aromatic nitrogens is 1. The molecule has 0 radical (unpaired) electrons. The SMILES string of the molecule is CCCc1nc(CCOC)sc1C(C)=O. The van der Waals surface area contributed by atoms with Crippen LogP contribution < -0.4 is 0 Å².